The number of hydrogen-bond acceptors (Lipinski definition) is 5. The Hall–Kier alpha value is -2.17. The number of aromatic carboxylic acids is 1. The van der Waals surface area contributed by atoms with Crippen LogP contribution in [-0.2, 0) is 0 Å². The number of carboxylic acid groups (broad SMARTS) is 1. The largest absolute Gasteiger partial charge is 0.545 e. The molecule has 2 rings (SSSR count). The highest BCUT2D eigenvalue weighted by molar-refractivity contribution is 5.86. The van der Waals surface area contributed by atoms with Crippen LogP contribution in [0.15, 0.2) is 28.8 Å². The minimum atomic E-state index is -1.20. The summed E-state index contributed by atoms with van der Waals surface area (Å²) in [4.78, 5) is 14.5. The lowest BCUT2D eigenvalue weighted by molar-refractivity contribution is -0.255. The summed E-state index contributed by atoms with van der Waals surface area (Å²) in [6.07, 6.45) is 0. The van der Waals surface area contributed by atoms with Crippen molar-refractivity contribution in [1.82, 2.24) is 10.1 Å². The Morgan fingerprint density at radius 3 is 2.47 bits per heavy atom. The van der Waals surface area contributed by atoms with Gasteiger partial charge in [0.25, 0.3) is 0 Å². The van der Waals surface area contributed by atoms with Crippen LogP contribution >= 0.6 is 0 Å². The van der Waals surface area contributed by atoms with E-state index in [-0.39, 0.29) is 5.56 Å². The quantitative estimate of drug-likeness (QED) is 0.706. The fraction of sp³-hybridized carbons (Fsp3) is 0.100. The Balaban J connectivity index is 2.35. The van der Waals surface area contributed by atoms with Crippen molar-refractivity contribution in [3.63, 3.8) is 0 Å². The van der Waals surface area contributed by atoms with Crippen LogP contribution in [0.4, 0.5) is 0 Å². The predicted molar refractivity (Wildman–Crippen MR) is 48.8 cm³/mol. The molecule has 0 spiro atoms. The van der Waals surface area contributed by atoms with Gasteiger partial charge in [0.2, 0.25) is 11.7 Å². The van der Waals surface area contributed by atoms with Gasteiger partial charge in [-0.05, 0) is 5.56 Å². The van der Waals surface area contributed by atoms with E-state index in [2.05, 4.69) is 10.1 Å². The lowest BCUT2D eigenvalue weighted by atomic mass is 10.1. The molecule has 0 atom stereocenters. The zero-order valence-corrected chi connectivity index (χ0v) is 7.93. The predicted octanol–water partition coefficient (Wildman–Crippen LogP) is 0.409. The molecule has 0 aliphatic heterocycles. The minimum absolute atomic E-state index is 0.124. The Bertz CT molecular complexity index is 488. The second kappa shape index (κ2) is 3.53. The van der Waals surface area contributed by atoms with E-state index in [0.29, 0.717) is 17.3 Å². The summed E-state index contributed by atoms with van der Waals surface area (Å²) in [7, 11) is 0. The first-order valence-electron chi connectivity index (χ1n) is 4.29. The van der Waals surface area contributed by atoms with Gasteiger partial charge in [0.15, 0.2) is 0 Å². The standard InChI is InChI=1S/C10H8N2O3/c1-6-11-9(12-15-6)7-2-4-8(5-3-7)10(13)14/h2-5H,1H3,(H,13,14)/p-1. The van der Waals surface area contributed by atoms with Gasteiger partial charge < -0.3 is 14.4 Å². The molecule has 0 saturated carbocycles. The molecule has 0 aliphatic carbocycles. The highest BCUT2D eigenvalue weighted by Gasteiger charge is 2.04. The summed E-state index contributed by atoms with van der Waals surface area (Å²) in [5.41, 5.74) is 0.829. The molecule has 0 radical (unpaired) electrons. The van der Waals surface area contributed by atoms with Gasteiger partial charge in [0, 0.05) is 12.5 Å². The van der Waals surface area contributed by atoms with Crippen molar-refractivity contribution in [2.24, 2.45) is 0 Å². The molecule has 5 heteroatoms. The molecule has 0 fully saturated rings. The number of benzene rings is 1. The molecular formula is C10H7N2O3-. The number of carboxylic acids is 1. The van der Waals surface area contributed by atoms with Crippen LogP contribution in [0, 0.1) is 6.92 Å². The van der Waals surface area contributed by atoms with E-state index < -0.39 is 5.97 Å². The highest BCUT2D eigenvalue weighted by atomic mass is 16.5. The van der Waals surface area contributed by atoms with Crippen molar-refractivity contribution in [2.75, 3.05) is 0 Å². The number of aryl methyl sites for hydroxylation is 1. The lowest BCUT2D eigenvalue weighted by Gasteiger charge is -2.01. The van der Waals surface area contributed by atoms with Gasteiger partial charge in [-0.1, -0.05) is 29.4 Å². The third kappa shape index (κ3) is 1.85. The number of rotatable bonds is 2. The molecule has 15 heavy (non-hydrogen) atoms. The normalized spacial score (nSPS) is 10.2. The van der Waals surface area contributed by atoms with Crippen molar-refractivity contribution < 1.29 is 14.4 Å². The zero-order valence-electron chi connectivity index (χ0n) is 7.93. The Morgan fingerprint density at radius 1 is 1.33 bits per heavy atom. The number of aromatic nitrogens is 2. The molecule has 0 aliphatic rings. The molecule has 0 unspecified atom stereocenters. The summed E-state index contributed by atoms with van der Waals surface area (Å²) < 4.78 is 4.81. The molecule has 0 N–H and O–H groups in total. The minimum Gasteiger partial charge on any atom is -0.545 e. The fourth-order valence-corrected chi connectivity index (χ4v) is 1.17. The van der Waals surface area contributed by atoms with E-state index in [1.54, 1.807) is 19.1 Å². The van der Waals surface area contributed by atoms with E-state index in [4.69, 9.17) is 4.52 Å². The molecule has 0 bridgehead atoms. The van der Waals surface area contributed by atoms with Crippen molar-refractivity contribution in [1.29, 1.82) is 0 Å². The Labute approximate surface area is 85.4 Å². The van der Waals surface area contributed by atoms with Crippen LogP contribution in [0.3, 0.4) is 0 Å². The van der Waals surface area contributed by atoms with Crippen LogP contribution < -0.4 is 5.11 Å². The maximum atomic E-state index is 10.5. The first-order chi connectivity index (χ1) is 7.16. The third-order valence-corrected chi connectivity index (χ3v) is 1.91. The Kier molecular flexibility index (Phi) is 2.21. The smallest absolute Gasteiger partial charge is 0.223 e. The third-order valence-electron chi connectivity index (χ3n) is 1.91. The van der Waals surface area contributed by atoms with Gasteiger partial charge in [-0.25, -0.2) is 0 Å². The lowest BCUT2D eigenvalue weighted by Crippen LogP contribution is -2.21. The molecule has 1 aromatic carbocycles. The SMILES string of the molecule is Cc1nc(-c2ccc(C(=O)[O-])cc2)no1. The Morgan fingerprint density at radius 2 is 2.00 bits per heavy atom. The van der Waals surface area contributed by atoms with E-state index in [1.165, 1.54) is 12.1 Å². The second-order valence-corrected chi connectivity index (χ2v) is 3.00. The number of hydrogen-bond donors (Lipinski definition) is 0. The summed E-state index contributed by atoms with van der Waals surface area (Å²) >= 11 is 0. The van der Waals surface area contributed by atoms with Crippen LogP contribution in [0.2, 0.25) is 0 Å². The number of carbonyl (C=O) groups excluding carboxylic acids is 1. The average Bonchev–Trinajstić information content (AvgIpc) is 2.65. The molecule has 2 aromatic rings. The van der Waals surface area contributed by atoms with Crippen LogP contribution in [0.5, 0.6) is 0 Å². The van der Waals surface area contributed by atoms with Gasteiger partial charge >= 0.3 is 0 Å². The first kappa shape index (κ1) is 9.39. The van der Waals surface area contributed by atoms with Crippen LogP contribution in [0.25, 0.3) is 11.4 Å². The van der Waals surface area contributed by atoms with Gasteiger partial charge in [-0.2, -0.15) is 4.98 Å². The highest BCUT2D eigenvalue weighted by Crippen LogP contribution is 2.15. The molecule has 0 saturated heterocycles. The number of nitrogens with zero attached hydrogens (tertiary/aromatic N) is 2. The van der Waals surface area contributed by atoms with Gasteiger partial charge in [-0.3, -0.25) is 0 Å². The topological polar surface area (TPSA) is 79.0 Å². The van der Waals surface area contributed by atoms with E-state index in [0.717, 1.165) is 0 Å². The maximum absolute atomic E-state index is 10.5. The molecule has 76 valence electrons. The van der Waals surface area contributed by atoms with Crippen LogP contribution in [-0.4, -0.2) is 16.1 Å². The van der Waals surface area contributed by atoms with Gasteiger partial charge in [-0.15, -0.1) is 0 Å². The monoisotopic (exact) mass is 203 g/mol. The van der Waals surface area contributed by atoms with Crippen molar-refractivity contribution in [3.05, 3.63) is 35.7 Å². The number of carbonyl (C=O) groups is 1. The molecule has 1 aromatic heterocycles. The fourth-order valence-electron chi connectivity index (χ4n) is 1.17. The zero-order chi connectivity index (χ0) is 10.8. The molecule has 1 heterocycles. The van der Waals surface area contributed by atoms with Crippen molar-refractivity contribution in [2.45, 2.75) is 6.92 Å². The average molecular weight is 203 g/mol. The summed E-state index contributed by atoms with van der Waals surface area (Å²) in [5.74, 6) is -0.294. The summed E-state index contributed by atoms with van der Waals surface area (Å²) in [5, 5.41) is 14.2. The van der Waals surface area contributed by atoms with Crippen molar-refractivity contribution >= 4 is 5.97 Å². The molecule has 5 nitrogen and oxygen atoms in total. The second-order valence-electron chi connectivity index (χ2n) is 3.00. The molecule has 0 amide bonds. The van der Waals surface area contributed by atoms with Gasteiger partial charge in [0.1, 0.15) is 0 Å². The van der Waals surface area contributed by atoms with E-state index in [1.807, 2.05) is 0 Å². The van der Waals surface area contributed by atoms with E-state index in [9.17, 15) is 9.90 Å². The van der Waals surface area contributed by atoms with E-state index >= 15 is 0 Å². The molecular weight excluding hydrogens is 196 g/mol. The summed E-state index contributed by atoms with van der Waals surface area (Å²) in [6.45, 7) is 1.69. The van der Waals surface area contributed by atoms with Crippen molar-refractivity contribution in [3.8, 4) is 11.4 Å². The summed E-state index contributed by atoms with van der Waals surface area (Å²) in [6, 6.07) is 6.09. The van der Waals surface area contributed by atoms with Gasteiger partial charge in [0.05, 0.1) is 5.97 Å². The van der Waals surface area contributed by atoms with Crippen LogP contribution in [0.1, 0.15) is 16.2 Å². The maximum Gasteiger partial charge on any atom is 0.223 e. The first-order valence-corrected chi connectivity index (χ1v) is 4.29.